The maximum absolute atomic E-state index is 12.3. The van der Waals surface area contributed by atoms with E-state index in [0.717, 1.165) is 25.7 Å². The first kappa shape index (κ1) is 16.1. The molecule has 0 unspecified atom stereocenters. The fourth-order valence-electron chi connectivity index (χ4n) is 3.29. The Hall–Kier alpha value is -1.76. The molecule has 0 spiro atoms. The third kappa shape index (κ3) is 3.29. The van der Waals surface area contributed by atoms with Gasteiger partial charge in [-0.2, -0.15) is 0 Å². The van der Waals surface area contributed by atoms with E-state index in [1.807, 2.05) is 0 Å². The minimum atomic E-state index is -3.22. The number of sulfonamides is 1. The maximum atomic E-state index is 12.3. The van der Waals surface area contributed by atoms with E-state index in [-0.39, 0.29) is 17.6 Å². The predicted molar refractivity (Wildman–Crippen MR) is 89.3 cm³/mol. The molecule has 1 aliphatic heterocycles. The molecule has 126 valence electrons. The molecule has 1 saturated heterocycles. The molecule has 7 heteroatoms. The molecular formula is C16H22N2O4S. The van der Waals surface area contributed by atoms with Crippen molar-refractivity contribution in [2.75, 3.05) is 29.0 Å². The topological polar surface area (TPSA) is 75.7 Å². The second-order valence-corrected chi connectivity index (χ2v) is 8.11. The van der Waals surface area contributed by atoms with Gasteiger partial charge in [0, 0.05) is 18.5 Å². The largest absolute Gasteiger partial charge is 0.494 e. The molecule has 0 aromatic heterocycles. The monoisotopic (exact) mass is 338 g/mol. The van der Waals surface area contributed by atoms with Crippen LogP contribution in [-0.2, 0) is 14.8 Å². The zero-order valence-corrected chi connectivity index (χ0v) is 14.1. The van der Waals surface area contributed by atoms with Crippen LogP contribution >= 0.6 is 0 Å². The minimum absolute atomic E-state index is 0.0161. The Morgan fingerprint density at radius 3 is 2.61 bits per heavy atom. The van der Waals surface area contributed by atoms with Gasteiger partial charge in [-0.15, -0.1) is 0 Å². The fraction of sp³-hybridized carbons (Fsp3) is 0.562. The van der Waals surface area contributed by atoms with Gasteiger partial charge in [-0.1, -0.05) is 12.8 Å². The smallest absolute Gasteiger partial charge is 0.235 e. The van der Waals surface area contributed by atoms with Crippen LogP contribution < -0.4 is 14.4 Å². The summed E-state index contributed by atoms with van der Waals surface area (Å²) in [5.41, 5.74) is 1.17. The van der Waals surface area contributed by atoms with Crippen LogP contribution in [0, 0.1) is 5.92 Å². The van der Waals surface area contributed by atoms with Crippen LogP contribution in [0.5, 0.6) is 5.75 Å². The number of carbonyl (C=O) groups is 1. The Morgan fingerprint density at radius 2 is 2.00 bits per heavy atom. The Morgan fingerprint density at radius 1 is 1.26 bits per heavy atom. The number of benzene rings is 1. The first-order valence-electron chi connectivity index (χ1n) is 8.00. The molecule has 0 bridgehead atoms. The van der Waals surface area contributed by atoms with Gasteiger partial charge >= 0.3 is 0 Å². The summed E-state index contributed by atoms with van der Waals surface area (Å²) in [6, 6.07) is 5.11. The van der Waals surface area contributed by atoms with Crippen molar-refractivity contribution >= 4 is 27.3 Å². The summed E-state index contributed by atoms with van der Waals surface area (Å²) in [6.07, 6.45) is 4.68. The summed E-state index contributed by atoms with van der Waals surface area (Å²) in [6.45, 7) is 0.485. The molecule has 1 aromatic rings. The summed E-state index contributed by atoms with van der Waals surface area (Å²) in [7, 11) is -1.71. The molecule has 3 rings (SSSR count). The Labute approximate surface area is 136 Å². The van der Waals surface area contributed by atoms with Crippen molar-refractivity contribution in [1.29, 1.82) is 0 Å². The Kier molecular flexibility index (Phi) is 4.48. The Bertz CT molecular complexity index is 696. The molecule has 1 N–H and O–H groups in total. The molecule has 6 nitrogen and oxygen atoms in total. The van der Waals surface area contributed by atoms with E-state index in [4.69, 9.17) is 4.74 Å². The highest BCUT2D eigenvalue weighted by Gasteiger charge is 2.29. The van der Waals surface area contributed by atoms with Gasteiger partial charge in [0.2, 0.25) is 15.9 Å². The van der Waals surface area contributed by atoms with Crippen LogP contribution in [0.25, 0.3) is 0 Å². The number of hydrogen-bond acceptors (Lipinski definition) is 4. The molecule has 1 saturated carbocycles. The lowest BCUT2D eigenvalue weighted by Crippen LogP contribution is -2.25. The van der Waals surface area contributed by atoms with E-state index in [1.54, 1.807) is 18.2 Å². The molecule has 1 heterocycles. The van der Waals surface area contributed by atoms with Gasteiger partial charge in [0.25, 0.3) is 0 Å². The third-order valence-electron chi connectivity index (χ3n) is 4.56. The first-order chi connectivity index (χ1) is 11.0. The van der Waals surface area contributed by atoms with E-state index in [0.29, 0.717) is 30.1 Å². The normalized spacial score (nSPS) is 20.7. The molecular weight excluding hydrogens is 316 g/mol. The number of nitrogens with one attached hydrogen (secondary N) is 1. The average molecular weight is 338 g/mol. The molecule has 2 fully saturated rings. The summed E-state index contributed by atoms with van der Waals surface area (Å²) in [5, 5.41) is 2.91. The highest BCUT2D eigenvalue weighted by Crippen LogP contribution is 2.34. The zero-order valence-electron chi connectivity index (χ0n) is 13.2. The van der Waals surface area contributed by atoms with Gasteiger partial charge in [0.05, 0.1) is 24.2 Å². The van der Waals surface area contributed by atoms with E-state index in [9.17, 15) is 13.2 Å². The van der Waals surface area contributed by atoms with Crippen LogP contribution in [-0.4, -0.2) is 33.7 Å². The van der Waals surface area contributed by atoms with Crippen LogP contribution in [0.3, 0.4) is 0 Å². The molecule has 2 aliphatic rings. The molecule has 23 heavy (non-hydrogen) atoms. The van der Waals surface area contributed by atoms with Crippen LogP contribution in [0.2, 0.25) is 0 Å². The summed E-state index contributed by atoms with van der Waals surface area (Å²) >= 11 is 0. The van der Waals surface area contributed by atoms with Crippen molar-refractivity contribution < 1.29 is 17.9 Å². The van der Waals surface area contributed by atoms with Crippen molar-refractivity contribution in [1.82, 2.24) is 0 Å². The van der Waals surface area contributed by atoms with Gasteiger partial charge in [-0.3, -0.25) is 9.10 Å². The van der Waals surface area contributed by atoms with E-state index in [1.165, 1.54) is 11.4 Å². The number of anilines is 2. The highest BCUT2D eigenvalue weighted by molar-refractivity contribution is 7.93. The number of amides is 1. The number of rotatable bonds is 4. The molecule has 0 radical (unpaired) electrons. The average Bonchev–Trinajstić information content (AvgIpc) is 3.17. The van der Waals surface area contributed by atoms with Crippen LogP contribution in [0.15, 0.2) is 18.2 Å². The molecule has 1 aliphatic carbocycles. The van der Waals surface area contributed by atoms with Crippen LogP contribution in [0.1, 0.15) is 32.1 Å². The van der Waals surface area contributed by atoms with Crippen molar-refractivity contribution in [2.24, 2.45) is 5.92 Å². The van der Waals surface area contributed by atoms with E-state index >= 15 is 0 Å². The first-order valence-corrected chi connectivity index (χ1v) is 9.61. The summed E-state index contributed by atoms with van der Waals surface area (Å²) in [5.74, 6) is 0.742. The Balaban J connectivity index is 1.81. The second kappa shape index (κ2) is 6.39. The SMILES string of the molecule is COc1cc(N2CCCS2(=O)=O)ccc1NC(=O)C1CCCC1. The standard InChI is InChI=1S/C16H22N2O4S/c1-22-15-11-13(18-9-4-10-23(18,20)21)7-8-14(15)17-16(19)12-5-2-3-6-12/h7-8,11-12H,2-6,9-10H2,1H3,(H,17,19). The number of carbonyl (C=O) groups excluding carboxylic acids is 1. The third-order valence-corrected chi connectivity index (χ3v) is 6.43. The predicted octanol–water partition coefficient (Wildman–Crippen LogP) is 2.36. The fourth-order valence-corrected chi connectivity index (χ4v) is 4.85. The zero-order chi connectivity index (χ0) is 16.4. The van der Waals surface area contributed by atoms with Crippen molar-refractivity contribution in [2.45, 2.75) is 32.1 Å². The molecule has 1 aromatic carbocycles. The number of ether oxygens (including phenoxy) is 1. The summed E-state index contributed by atoms with van der Waals surface area (Å²) < 4.78 is 30.8. The second-order valence-electron chi connectivity index (χ2n) is 6.10. The number of methoxy groups -OCH3 is 1. The summed E-state index contributed by atoms with van der Waals surface area (Å²) in [4.78, 5) is 12.3. The maximum Gasteiger partial charge on any atom is 0.235 e. The quantitative estimate of drug-likeness (QED) is 0.914. The molecule has 0 atom stereocenters. The van der Waals surface area contributed by atoms with Crippen molar-refractivity contribution in [3.8, 4) is 5.75 Å². The lowest BCUT2D eigenvalue weighted by molar-refractivity contribution is -0.119. The van der Waals surface area contributed by atoms with Gasteiger partial charge in [0.1, 0.15) is 5.75 Å². The lowest BCUT2D eigenvalue weighted by atomic mass is 10.1. The van der Waals surface area contributed by atoms with Gasteiger partial charge in [0.15, 0.2) is 0 Å². The molecule has 1 amide bonds. The minimum Gasteiger partial charge on any atom is -0.494 e. The van der Waals surface area contributed by atoms with Gasteiger partial charge in [-0.05, 0) is 31.4 Å². The highest BCUT2D eigenvalue weighted by atomic mass is 32.2. The van der Waals surface area contributed by atoms with Crippen LogP contribution in [0.4, 0.5) is 11.4 Å². The van der Waals surface area contributed by atoms with Gasteiger partial charge < -0.3 is 10.1 Å². The van der Waals surface area contributed by atoms with Crippen molar-refractivity contribution in [3.63, 3.8) is 0 Å². The lowest BCUT2D eigenvalue weighted by Gasteiger charge is -2.19. The van der Waals surface area contributed by atoms with E-state index < -0.39 is 10.0 Å². The van der Waals surface area contributed by atoms with Gasteiger partial charge in [-0.25, -0.2) is 8.42 Å². The van der Waals surface area contributed by atoms with Crippen molar-refractivity contribution in [3.05, 3.63) is 18.2 Å². The van der Waals surface area contributed by atoms with E-state index in [2.05, 4.69) is 5.32 Å². The number of nitrogens with zero attached hydrogens (tertiary/aromatic N) is 1. The number of hydrogen-bond donors (Lipinski definition) is 1.